The van der Waals surface area contributed by atoms with Crippen molar-refractivity contribution in [3.8, 4) is 0 Å². The number of rotatable bonds is 7. The van der Waals surface area contributed by atoms with E-state index in [0.29, 0.717) is 24.3 Å². The summed E-state index contributed by atoms with van der Waals surface area (Å²) in [7, 11) is 0. The zero-order valence-electron chi connectivity index (χ0n) is 14.2. The molecule has 1 aliphatic carbocycles. The predicted molar refractivity (Wildman–Crippen MR) is 85.3 cm³/mol. The number of nitrogens with one attached hydrogen (secondary N) is 1. The van der Waals surface area contributed by atoms with Gasteiger partial charge in [0.2, 0.25) is 11.9 Å². The lowest BCUT2D eigenvalue weighted by Gasteiger charge is -2.32. The van der Waals surface area contributed by atoms with E-state index >= 15 is 0 Å². The van der Waals surface area contributed by atoms with E-state index in [1.165, 1.54) is 6.92 Å². The number of esters is 1. The van der Waals surface area contributed by atoms with E-state index in [-0.39, 0.29) is 35.8 Å². The Kier molecular flexibility index (Phi) is 7.19. The molecule has 7 heteroatoms. The largest absolute Gasteiger partial charge is 0.463 e. The van der Waals surface area contributed by atoms with Gasteiger partial charge < -0.3 is 10.1 Å². The molecule has 0 saturated carbocycles. The Morgan fingerprint density at radius 3 is 2.61 bits per heavy atom. The molecule has 0 aliphatic heterocycles. The number of nitrogens with zero attached hydrogens (tertiary/aromatic N) is 1. The second-order valence-corrected chi connectivity index (χ2v) is 6.34. The number of carbonyl (C=O) groups excluding carboxylic acids is 2. The van der Waals surface area contributed by atoms with Gasteiger partial charge in [-0.25, -0.2) is 4.79 Å². The van der Waals surface area contributed by atoms with Gasteiger partial charge in [-0.05, 0) is 25.7 Å². The summed E-state index contributed by atoms with van der Waals surface area (Å²) in [5.41, 5.74) is 0.357. The van der Waals surface area contributed by atoms with Gasteiger partial charge in [-0.1, -0.05) is 19.9 Å². The Bertz CT molecular complexity index is 487. The molecule has 1 amide bonds. The average molecular weight is 326 g/mol. The van der Waals surface area contributed by atoms with Crippen LogP contribution in [0.2, 0.25) is 0 Å². The Balaban J connectivity index is 2.99. The van der Waals surface area contributed by atoms with Crippen molar-refractivity contribution >= 4 is 11.9 Å². The van der Waals surface area contributed by atoms with E-state index in [1.807, 2.05) is 13.8 Å². The summed E-state index contributed by atoms with van der Waals surface area (Å²) >= 11 is 0. The first-order valence-electron chi connectivity index (χ1n) is 8.03. The fourth-order valence-electron chi connectivity index (χ4n) is 3.06. The van der Waals surface area contributed by atoms with Crippen LogP contribution < -0.4 is 5.32 Å². The number of carbonyl (C=O) groups is 2. The van der Waals surface area contributed by atoms with Gasteiger partial charge in [0.25, 0.3) is 0 Å². The highest BCUT2D eigenvalue weighted by Crippen LogP contribution is 2.31. The maximum atomic E-state index is 11.8. The average Bonchev–Trinajstić information content (AvgIpc) is 2.45. The summed E-state index contributed by atoms with van der Waals surface area (Å²) in [6.45, 7) is 7.38. The minimum Gasteiger partial charge on any atom is -0.463 e. The van der Waals surface area contributed by atoms with Crippen LogP contribution in [0.5, 0.6) is 0 Å². The molecule has 0 aromatic carbocycles. The van der Waals surface area contributed by atoms with Crippen LogP contribution in [0.25, 0.3) is 0 Å². The number of amides is 1. The first kappa shape index (κ1) is 19.1. The summed E-state index contributed by atoms with van der Waals surface area (Å²) in [5.74, 6) is -0.709. The third-order valence-corrected chi connectivity index (χ3v) is 4.00. The van der Waals surface area contributed by atoms with E-state index < -0.39 is 12.0 Å². The van der Waals surface area contributed by atoms with Crippen molar-refractivity contribution in [3.05, 3.63) is 21.8 Å². The first-order chi connectivity index (χ1) is 10.8. The smallest absolute Gasteiger partial charge is 0.333 e. The SMILES string of the molecule is CCOC(=O)C1=CC[C@@H]([C@H](CC(C)C)NC(C)=O)[C@H]([N+](=O)[O-])C1. The molecule has 0 radical (unpaired) electrons. The van der Waals surface area contributed by atoms with Crippen molar-refractivity contribution in [2.24, 2.45) is 11.8 Å². The predicted octanol–water partition coefficient (Wildman–Crippen LogP) is 2.08. The minimum absolute atomic E-state index is 0.0463. The van der Waals surface area contributed by atoms with Gasteiger partial charge in [-0.15, -0.1) is 0 Å². The lowest BCUT2D eigenvalue weighted by atomic mass is 9.78. The van der Waals surface area contributed by atoms with Crippen LogP contribution in [0, 0.1) is 22.0 Å². The van der Waals surface area contributed by atoms with Crippen LogP contribution in [0.15, 0.2) is 11.6 Å². The van der Waals surface area contributed by atoms with Gasteiger partial charge in [0.15, 0.2) is 0 Å². The van der Waals surface area contributed by atoms with Gasteiger partial charge >= 0.3 is 5.97 Å². The van der Waals surface area contributed by atoms with E-state index in [0.717, 1.165) is 0 Å². The molecule has 3 atom stereocenters. The number of hydrogen-bond acceptors (Lipinski definition) is 5. The topological polar surface area (TPSA) is 98.5 Å². The molecule has 0 aromatic heterocycles. The van der Waals surface area contributed by atoms with E-state index in [4.69, 9.17) is 4.74 Å². The van der Waals surface area contributed by atoms with Gasteiger partial charge in [0, 0.05) is 29.9 Å². The zero-order valence-corrected chi connectivity index (χ0v) is 14.2. The maximum absolute atomic E-state index is 11.8. The second-order valence-electron chi connectivity index (χ2n) is 6.34. The van der Waals surface area contributed by atoms with Crippen LogP contribution >= 0.6 is 0 Å². The first-order valence-corrected chi connectivity index (χ1v) is 8.03. The number of hydrogen-bond donors (Lipinski definition) is 1. The summed E-state index contributed by atoms with van der Waals surface area (Å²) in [6.07, 6.45) is 2.82. The highest BCUT2D eigenvalue weighted by Gasteiger charge is 2.41. The van der Waals surface area contributed by atoms with Crippen LogP contribution in [-0.2, 0) is 14.3 Å². The van der Waals surface area contributed by atoms with E-state index in [1.54, 1.807) is 13.0 Å². The minimum atomic E-state index is -0.894. The van der Waals surface area contributed by atoms with Crippen molar-refractivity contribution < 1.29 is 19.2 Å². The molecule has 7 nitrogen and oxygen atoms in total. The molecule has 1 rings (SSSR count). The fraction of sp³-hybridized carbons (Fsp3) is 0.750. The van der Waals surface area contributed by atoms with E-state index in [2.05, 4.69) is 5.32 Å². The van der Waals surface area contributed by atoms with Crippen LogP contribution in [0.1, 0.15) is 47.0 Å². The highest BCUT2D eigenvalue weighted by atomic mass is 16.6. The van der Waals surface area contributed by atoms with Crippen LogP contribution in [-0.4, -0.2) is 35.5 Å². The van der Waals surface area contributed by atoms with Crippen LogP contribution in [0.4, 0.5) is 0 Å². The molecular formula is C16H26N2O5. The van der Waals surface area contributed by atoms with Gasteiger partial charge in [0.1, 0.15) is 0 Å². The molecule has 1 aliphatic rings. The van der Waals surface area contributed by atoms with Crippen LogP contribution in [0.3, 0.4) is 0 Å². The third kappa shape index (κ3) is 5.65. The molecule has 23 heavy (non-hydrogen) atoms. The lowest BCUT2D eigenvalue weighted by Crippen LogP contribution is -2.48. The van der Waals surface area contributed by atoms with Gasteiger partial charge in [0.05, 0.1) is 12.5 Å². The fourth-order valence-corrected chi connectivity index (χ4v) is 3.06. The van der Waals surface area contributed by atoms with Gasteiger partial charge in [-0.2, -0.15) is 0 Å². The Morgan fingerprint density at radius 1 is 1.48 bits per heavy atom. The van der Waals surface area contributed by atoms with Crippen molar-refractivity contribution in [1.29, 1.82) is 0 Å². The van der Waals surface area contributed by atoms with Crippen molar-refractivity contribution in [1.82, 2.24) is 5.32 Å². The Morgan fingerprint density at radius 2 is 2.13 bits per heavy atom. The highest BCUT2D eigenvalue weighted by molar-refractivity contribution is 5.88. The summed E-state index contributed by atoms with van der Waals surface area (Å²) in [5, 5.41) is 14.3. The Hall–Kier alpha value is -1.92. The van der Waals surface area contributed by atoms with Crippen molar-refractivity contribution in [2.75, 3.05) is 6.61 Å². The molecule has 0 unspecified atom stereocenters. The number of nitro groups is 1. The molecule has 1 N–H and O–H groups in total. The van der Waals surface area contributed by atoms with Crippen molar-refractivity contribution in [2.45, 2.75) is 59.0 Å². The lowest BCUT2D eigenvalue weighted by molar-refractivity contribution is -0.533. The molecule has 130 valence electrons. The number of allylic oxidation sites excluding steroid dienone is 1. The standard InChI is InChI=1S/C16H26N2O5/c1-5-23-16(20)12-6-7-13(15(9-12)18(21)22)14(8-10(2)3)17-11(4)19/h6,10,13-15H,5,7-9H2,1-4H3,(H,17,19)/t13-,14-,15+/m0/s1. The molecular weight excluding hydrogens is 300 g/mol. The summed E-state index contributed by atoms with van der Waals surface area (Å²) in [4.78, 5) is 34.4. The monoisotopic (exact) mass is 326 g/mol. The molecule has 0 aromatic rings. The maximum Gasteiger partial charge on any atom is 0.333 e. The van der Waals surface area contributed by atoms with Gasteiger partial charge in [-0.3, -0.25) is 14.9 Å². The quantitative estimate of drug-likeness (QED) is 0.439. The summed E-state index contributed by atoms with van der Waals surface area (Å²) < 4.78 is 4.93. The molecule has 0 fully saturated rings. The Labute approximate surface area is 136 Å². The zero-order chi connectivity index (χ0) is 17.6. The molecule has 0 saturated heterocycles. The summed E-state index contributed by atoms with van der Waals surface area (Å²) in [6, 6.07) is -1.17. The van der Waals surface area contributed by atoms with E-state index in [9.17, 15) is 19.7 Å². The molecule has 0 spiro atoms. The molecule has 0 heterocycles. The molecule has 0 bridgehead atoms. The second kappa shape index (κ2) is 8.64. The number of ether oxygens (including phenoxy) is 1. The normalized spacial score (nSPS) is 22.2. The van der Waals surface area contributed by atoms with Crippen molar-refractivity contribution in [3.63, 3.8) is 0 Å². The third-order valence-electron chi connectivity index (χ3n) is 4.00.